The van der Waals surface area contributed by atoms with Gasteiger partial charge in [-0.15, -0.1) is 0 Å². The predicted molar refractivity (Wildman–Crippen MR) is 99.5 cm³/mol. The Labute approximate surface area is 161 Å². The van der Waals surface area contributed by atoms with E-state index in [9.17, 15) is 9.79 Å². The molecule has 0 fully saturated rings. The SMILES string of the molecule is CCP(O)(O)(O)CC.CCP(O)(O)(O)CC.CCP([O-])([O-])(O)CC.[Fe+2]. The maximum Gasteiger partial charge on any atom is 2.00 e. The van der Waals surface area contributed by atoms with E-state index in [1.165, 1.54) is 13.8 Å². The Hall–Kier alpha value is 1.45. The van der Waals surface area contributed by atoms with Crippen molar-refractivity contribution in [1.82, 2.24) is 0 Å². The van der Waals surface area contributed by atoms with E-state index in [-0.39, 0.29) is 54.0 Å². The summed E-state index contributed by atoms with van der Waals surface area (Å²) in [5.74, 6) is 0. The van der Waals surface area contributed by atoms with Crippen LogP contribution in [0.25, 0.3) is 0 Å². The number of hydrogen-bond acceptors (Lipinski definition) is 9. The van der Waals surface area contributed by atoms with Crippen LogP contribution in [0.4, 0.5) is 0 Å². The largest absolute Gasteiger partial charge is 2.00 e. The Morgan fingerprint density at radius 1 is 0.480 bits per heavy atom. The molecular weight excluding hydrogens is 437 g/mol. The van der Waals surface area contributed by atoms with Crippen molar-refractivity contribution in [3.05, 3.63) is 0 Å². The molecule has 0 atom stereocenters. The van der Waals surface area contributed by atoms with Crippen LogP contribution in [-0.2, 0) is 17.1 Å². The van der Waals surface area contributed by atoms with Crippen molar-refractivity contribution in [1.29, 1.82) is 0 Å². The first kappa shape index (κ1) is 34.0. The van der Waals surface area contributed by atoms with Crippen LogP contribution in [0, 0.1) is 0 Å². The standard InChI is InChI=1S/2C4H13O3P.C4H11O3P.Fe/c3*1-3-8(5,6,7)4-2;/h2*5-7H,3-4H2,1-2H3;5H,3-4H2,1-2H3;/q;;-2;+2. The summed E-state index contributed by atoms with van der Waals surface area (Å²) < 4.78 is 0. The van der Waals surface area contributed by atoms with Crippen molar-refractivity contribution in [2.45, 2.75) is 41.5 Å². The molecular formula is C12H37FeO9P3. The van der Waals surface area contributed by atoms with Crippen molar-refractivity contribution in [3.63, 3.8) is 0 Å². The van der Waals surface area contributed by atoms with Gasteiger partial charge in [-0.3, -0.25) is 0 Å². The summed E-state index contributed by atoms with van der Waals surface area (Å²) in [5.41, 5.74) is 0. The monoisotopic (exact) mass is 474 g/mol. The molecule has 0 aliphatic rings. The van der Waals surface area contributed by atoms with Gasteiger partial charge in [-0.1, -0.05) is 0 Å². The van der Waals surface area contributed by atoms with Gasteiger partial charge in [-0.2, -0.15) is 0 Å². The van der Waals surface area contributed by atoms with E-state index in [1.54, 1.807) is 27.7 Å². The molecule has 25 heavy (non-hydrogen) atoms. The van der Waals surface area contributed by atoms with Gasteiger partial charge in [0.05, 0.1) is 0 Å². The van der Waals surface area contributed by atoms with E-state index in [4.69, 9.17) is 34.3 Å². The minimum atomic E-state index is -4.60. The molecule has 0 aromatic heterocycles. The van der Waals surface area contributed by atoms with E-state index in [2.05, 4.69) is 0 Å². The van der Waals surface area contributed by atoms with Gasteiger partial charge >= 0.3 is 161 Å². The van der Waals surface area contributed by atoms with Gasteiger partial charge in [0.2, 0.25) is 0 Å². The quantitative estimate of drug-likeness (QED) is 0.199. The molecule has 0 aliphatic heterocycles. The van der Waals surface area contributed by atoms with Crippen molar-refractivity contribution < 1.29 is 61.1 Å². The maximum atomic E-state index is 10.5. The van der Waals surface area contributed by atoms with Gasteiger partial charge < -0.3 is 0 Å². The molecule has 9 nitrogen and oxygen atoms in total. The molecule has 162 valence electrons. The molecule has 0 bridgehead atoms. The number of hydrogen-bond donors (Lipinski definition) is 7. The summed E-state index contributed by atoms with van der Waals surface area (Å²) in [4.78, 5) is 82.7. The average Bonchev–Trinajstić information content (AvgIpc) is 2.48. The molecule has 0 saturated heterocycles. The molecule has 13 heteroatoms. The van der Waals surface area contributed by atoms with Gasteiger partial charge in [0.1, 0.15) is 0 Å². The molecule has 0 unspecified atom stereocenters. The Morgan fingerprint density at radius 2 is 0.640 bits per heavy atom. The van der Waals surface area contributed by atoms with Crippen molar-refractivity contribution in [3.8, 4) is 0 Å². The van der Waals surface area contributed by atoms with Crippen LogP contribution in [-0.4, -0.2) is 71.2 Å². The summed E-state index contributed by atoms with van der Waals surface area (Å²) in [6, 6.07) is 0. The van der Waals surface area contributed by atoms with Crippen molar-refractivity contribution >= 4 is 21.9 Å². The summed E-state index contributed by atoms with van der Waals surface area (Å²) in [5, 5.41) is 0. The minimum Gasteiger partial charge on any atom is 2.00 e. The molecule has 0 amide bonds. The second-order valence-corrected chi connectivity index (χ2v) is 17.5. The van der Waals surface area contributed by atoms with E-state index in [0.717, 1.165) is 0 Å². The maximum absolute atomic E-state index is 10.5. The second-order valence-electron chi connectivity index (χ2n) is 5.84. The van der Waals surface area contributed by atoms with Gasteiger partial charge in [-0.05, 0) is 0 Å². The Balaban J connectivity index is -0.000000130. The van der Waals surface area contributed by atoms with Gasteiger partial charge in [-0.25, -0.2) is 0 Å². The molecule has 7 N–H and O–H groups in total. The zero-order valence-corrected chi connectivity index (χ0v) is 19.7. The molecule has 0 aromatic carbocycles. The Bertz CT molecular complexity index is 288. The summed E-state index contributed by atoms with van der Waals surface area (Å²) in [6.45, 7) is 9.09. The molecule has 0 aromatic rings. The summed E-state index contributed by atoms with van der Waals surface area (Å²) >= 11 is 0. The number of rotatable bonds is 6. The van der Waals surface area contributed by atoms with E-state index in [0.29, 0.717) is 0 Å². The van der Waals surface area contributed by atoms with Crippen molar-refractivity contribution in [2.24, 2.45) is 0 Å². The Kier molecular flexibility index (Phi) is 14.7. The predicted octanol–water partition coefficient (Wildman–Crippen LogP) is -0.362. The van der Waals surface area contributed by atoms with Gasteiger partial charge in [0.15, 0.2) is 0 Å². The van der Waals surface area contributed by atoms with Crippen LogP contribution in [0.15, 0.2) is 0 Å². The third-order valence-corrected chi connectivity index (χ3v) is 11.5. The molecule has 0 aliphatic carbocycles. The summed E-state index contributed by atoms with van der Waals surface area (Å²) in [7, 11) is -12.8. The van der Waals surface area contributed by atoms with Gasteiger partial charge in [0, 0.05) is 0 Å². The Morgan fingerprint density at radius 3 is 0.640 bits per heavy atom. The smallest absolute Gasteiger partial charge is 2.00 e. The van der Waals surface area contributed by atoms with E-state index in [1.807, 2.05) is 0 Å². The molecule has 0 heterocycles. The van der Waals surface area contributed by atoms with E-state index >= 15 is 0 Å². The average molecular weight is 474 g/mol. The van der Waals surface area contributed by atoms with Crippen LogP contribution in [0.3, 0.4) is 0 Å². The normalized spacial score (nSPS) is 16.7. The van der Waals surface area contributed by atoms with Crippen molar-refractivity contribution in [2.75, 3.05) is 37.0 Å². The fourth-order valence-electron chi connectivity index (χ4n) is 0.671. The topological polar surface area (TPSA) is 188 Å². The van der Waals surface area contributed by atoms with Crippen LogP contribution < -0.4 is 9.79 Å². The first-order valence-electron chi connectivity index (χ1n) is 7.91. The zero-order valence-electron chi connectivity index (χ0n) is 15.9. The first-order chi connectivity index (χ1) is 10.2. The van der Waals surface area contributed by atoms with Crippen LogP contribution >= 0.6 is 21.9 Å². The molecule has 0 radical (unpaired) electrons. The molecule has 0 spiro atoms. The second kappa shape index (κ2) is 10.8. The fourth-order valence-corrected chi connectivity index (χ4v) is 2.01. The molecule has 0 rings (SSSR count). The zero-order chi connectivity index (χ0) is 20.6. The first-order valence-corrected chi connectivity index (χ1v) is 15.2. The fraction of sp³-hybridized carbons (Fsp3) is 1.00. The van der Waals surface area contributed by atoms with Gasteiger partial charge in [0.25, 0.3) is 0 Å². The summed E-state index contributed by atoms with van der Waals surface area (Å²) in [6.07, 6.45) is -0.0986. The van der Waals surface area contributed by atoms with E-state index < -0.39 is 21.9 Å². The third-order valence-electron chi connectivity index (χ3n) is 3.84. The third kappa shape index (κ3) is 21.6. The van der Waals surface area contributed by atoms with Crippen LogP contribution in [0.5, 0.6) is 0 Å². The van der Waals surface area contributed by atoms with Crippen LogP contribution in [0.1, 0.15) is 41.5 Å². The molecule has 0 saturated carbocycles. The minimum absolute atomic E-state index is 0. The van der Waals surface area contributed by atoms with Crippen LogP contribution in [0.2, 0.25) is 0 Å².